The van der Waals surface area contributed by atoms with E-state index < -0.39 is 0 Å². The summed E-state index contributed by atoms with van der Waals surface area (Å²) in [5.74, 6) is 0.139. The first-order valence-corrected chi connectivity index (χ1v) is 9.00. The van der Waals surface area contributed by atoms with Crippen LogP contribution in [0, 0.1) is 12.7 Å². The molecule has 4 nitrogen and oxygen atoms in total. The van der Waals surface area contributed by atoms with Crippen molar-refractivity contribution in [3.8, 4) is 0 Å². The summed E-state index contributed by atoms with van der Waals surface area (Å²) < 4.78 is 13.9. The van der Waals surface area contributed by atoms with E-state index in [1.54, 1.807) is 12.1 Å². The highest BCUT2D eigenvalue weighted by Gasteiger charge is 2.12. The molecule has 0 radical (unpaired) electrons. The van der Waals surface area contributed by atoms with Gasteiger partial charge in [-0.2, -0.15) is 0 Å². The summed E-state index contributed by atoms with van der Waals surface area (Å²) in [4.78, 5) is 12.2. The van der Waals surface area contributed by atoms with Gasteiger partial charge in [-0.1, -0.05) is 53.4 Å². The molecule has 1 N–H and O–H groups in total. The minimum absolute atomic E-state index is 0.203. The summed E-state index contributed by atoms with van der Waals surface area (Å²) in [6, 6.07) is 13.8. The Bertz CT molecular complexity index is 866. The van der Waals surface area contributed by atoms with Crippen LogP contribution in [0.5, 0.6) is 0 Å². The fourth-order valence-electron chi connectivity index (χ4n) is 2.08. The van der Waals surface area contributed by atoms with Crippen LogP contribution >= 0.6 is 23.1 Å². The number of rotatable bonds is 5. The Morgan fingerprint density at radius 2 is 2.04 bits per heavy atom. The van der Waals surface area contributed by atoms with Crippen molar-refractivity contribution < 1.29 is 9.18 Å². The van der Waals surface area contributed by atoms with Crippen molar-refractivity contribution in [3.05, 3.63) is 71.0 Å². The van der Waals surface area contributed by atoms with E-state index in [4.69, 9.17) is 0 Å². The van der Waals surface area contributed by atoms with Gasteiger partial charge in [0.15, 0.2) is 4.34 Å². The van der Waals surface area contributed by atoms with Gasteiger partial charge in [0.1, 0.15) is 5.82 Å². The summed E-state index contributed by atoms with van der Waals surface area (Å²) in [5, 5.41) is 11.2. The highest BCUT2D eigenvalue weighted by atomic mass is 32.2. The van der Waals surface area contributed by atoms with Crippen molar-refractivity contribution in [2.45, 2.75) is 17.0 Å². The predicted octanol–water partition coefficient (Wildman–Crippen LogP) is 4.53. The van der Waals surface area contributed by atoms with E-state index in [1.165, 1.54) is 35.2 Å². The standard InChI is InChI=1S/C17H14FN3OS2/c1-11-5-2-3-8-14(11)15(22)19-16-20-21-17(24-16)23-10-12-6-4-7-13(18)9-12/h2-9H,10H2,1H3,(H,19,20,22). The van der Waals surface area contributed by atoms with Crippen molar-refractivity contribution in [3.63, 3.8) is 0 Å². The number of hydrogen-bond donors (Lipinski definition) is 1. The van der Waals surface area contributed by atoms with Crippen LogP contribution in [-0.4, -0.2) is 16.1 Å². The second kappa shape index (κ2) is 7.55. The van der Waals surface area contributed by atoms with E-state index >= 15 is 0 Å². The van der Waals surface area contributed by atoms with E-state index in [9.17, 15) is 9.18 Å². The lowest BCUT2D eigenvalue weighted by atomic mass is 10.1. The molecule has 3 aromatic rings. The molecular formula is C17H14FN3OS2. The number of carbonyl (C=O) groups excluding carboxylic acids is 1. The van der Waals surface area contributed by atoms with Gasteiger partial charge in [-0.05, 0) is 36.2 Å². The van der Waals surface area contributed by atoms with Crippen LogP contribution in [0.2, 0.25) is 0 Å². The summed E-state index contributed by atoms with van der Waals surface area (Å²) in [6.45, 7) is 1.88. The maximum absolute atomic E-state index is 13.2. The number of nitrogens with zero attached hydrogens (tertiary/aromatic N) is 2. The number of aromatic nitrogens is 2. The summed E-state index contributed by atoms with van der Waals surface area (Å²) >= 11 is 2.76. The van der Waals surface area contributed by atoms with Crippen LogP contribution in [0.25, 0.3) is 0 Å². The van der Waals surface area contributed by atoms with Crippen molar-refractivity contribution in [2.24, 2.45) is 0 Å². The number of aryl methyl sites for hydroxylation is 1. The zero-order valence-electron chi connectivity index (χ0n) is 12.8. The van der Waals surface area contributed by atoms with Crippen LogP contribution in [0.15, 0.2) is 52.9 Å². The van der Waals surface area contributed by atoms with Gasteiger partial charge in [0.05, 0.1) is 0 Å². The number of amides is 1. The van der Waals surface area contributed by atoms with Crippen molar-refractivity contribution >= 4 is 34.1 Å². The first kappa shape index (κ1) is 16.6. The van der Waals surface area contributed by atoms with Gasteiger partial charge in [-0.3, -0.25) is 10.1 Å². The molecule has 122 valence electrons. The molecule has 0 fully saturated rings. The predicted molar refractivity (Wildman–Crippen MR) is 95.0 cm³/mol. The monoisotopic (exact) mass is 359 g/mol. The van der Waals surface area contributed by atoms with Gasteiger partial charge >= 0.3 is 0 Å². The second-order valence-electron chi connectivity index (χ2n) is 5.06. The van der Waals surface area contributed by atoms with Crippen LogP contribution < -0.4 is 5.32 Å². The van der Waals surface area contributed by atoms with Crippen LogP contribution in [-0.2, 0) is 5.75 Å². The van der Waals surface area contributed by atoms with Crippen LogP contribution in [0.3, 0.4) is 0 Å². The molecule has 0 unspecified atom stereocenters. The molecule has 0 aliphatic heterocycles. The Morgan fingerprint density at radius 1 is 1.21 bits per heavy atom. The molecule has 3 rings (SSSR count). The fourth-order valence-corrected chi connectivity index (χ4v) is 3.77. The van der Waals surface area contributed by atoms with E-state index in [0.717, 1.165) is 15.5 Å². The SMILES string of the molecule is Cc1ccccc1C(=O)Nc1nnc(SCc2cccc(F)c2)s1. The Kier molecular flexibility index (Phi) is 5.22. The summed E-state index contributed by atoms with van der Waals surface area (Å²) in [5.41, 5.74) is 2.39. The number of anilines is 1. The Hall–Kier alpha value is -2.25. The quantitative estimate of drug-likeness (QED) is 0.537. The van der Waals surface area contributed by atoms with Gasteiger partial charge < -0.3 is 0 Å². The molecule has 1 amide bonds. The molecule has 2 aromatic carbocycles. The smallest absolute Gasteiger partial charge is 0.257 e. The summed E-state index contributed by atoms with van der Waals surface area (Å²) in [6.07, 6.45) is 0. The van der Waals surface area contributed by atoms with Crippen molar-refractivity contribution in [1.29, 1.82) is 0 Å². The molecule has 0 saturated heterocycles. The Balaban J connectivity index is 1.61. The molecule has 0 spiro atoms. The number of benzene rings is 2. The highest BCUT2D eigenvalue weighted by Crippen LogP contribution is 2.28. The molecule has 1 heterocycles. The Morgan fingerprint density at radius 3 is 2.83 bits per heavy atom. The van der Waals surface area contributed by atoms with Crippen molar-refractivity contribution in [2.75, 3.05) is 5.32 Å². The van der Waals surface area contributed by atoms with Gasteiger partial charge in [-0.25, -0.2) is 4.39 Å². The van der Waals surface area contributed by atoms with E-state index in [-0.39, 0.29) is 11.7 Å². The third-order valence-corrected chi connectivity index (χ3v) is 5.31. The third-order valence-electron chi connectivity index (χ3n) is 3.27. The lowest BCUT2D eigenvalue weighted by Gasteiger charge is -2.03. The Labute approximate surface area is 147 Å². The molecule has 0 bridgehead atoms. The zero-order valence-corrected chi connectivity index (χ0v) is 14.5. The van der Waals surface area contributed by atoms with E-state index in [1.807, 2.05) is 31.2 Å². The lowest BCUT2D eigenvalue weighted by Crippen LogP contribution is -2.12. The number of thioether (sulfide) groups is 1. The second-order valence-corrected chi connectivity index (χ2v) is 7.26. The maximum Gasteiger partial charge on any atom is 0.257 e. The molecule has 0 aliphatic carbocycles. The van der Waals surface area contributed by atoms with Gasteiger partial charge in [0.2, 0.25) is 5.13 Å². The number of nitrogens with one attached hydrogen (secondary N) is 1. The maximum atomic E-state index is 13.2. The lowest BCUT2D eigenvalue weighted by molar-refractivity contribution is 0.102. The zero-order chi connectivity index (χ0) is 16.9. The van der Waals surface area contributed by atoms with Gasteiger partial charge in [-0.15, -0.1) is 10.2 Å². The normalized spacial score (nSPS) is 10.6. The van der Waals surface area contributed by atoms with Crippen LogP contribution in [0.1, 0.15) is 21.5 Å². The molecule has 1 aromatic heterocycles. The molecule has 0 saturated carbocycles. The molecule has 24 heavy (non-hydrogen) atoms. The average Bonchev–Trinajstić information content (AvgIpc) is 3.01. The number of halogens is 1. The third kappa shape index (κ3) is 4.18. The first-order chi connectivity index (χ1) is 11.6. The minimum atomic E-state index is -0.253. The summed E-state index contributed by atoms with van der Waals surface area (Å²) in [7, 11) is 0. The molecule has 7 heteroatoms. The number of hydrogen-bond acceptors (Lipinski definition) is 5. The largest absolute Gasteiger partial charge is 0.296 e. The number of carbonyl (C=O) groups is 1. The molecule has 0 atom stereocenters. The van der Waals surface area contributed by atoms with Gasteiger partial charge in [0.25, 0.3) is 5.91 Å². The van der Waals surface area contributed by atoms with Crippen molar-refractivity contribution in [1.82, 2.24) is 10.2 Å². The van der Waals surface area contributed by atoms with E-state index in [0.29, 0.717) is 16.4 Å². The topological polar surface area (TPSA) is 54.9 Å². The van der Waals surface area contributed by atoms with E-state index in [2.05, 4.69) is 15.5 Å². The van der Waals surface area contributed by atoms with Crippen LogP contribution in [0.4, 0.5) is 9.52 Å². The molecule has 0 aliphatic rings. The fraction of sp³-hybridized carbons (Fsp3) is 0.118. The first-order valence-electron chi connectivity index (χ1n) is 7.19. The van der Waals surface area contributed by atoms with Gasteiger partial charge in [0, 0.05) is 11.3 Å². The highest BCUT2D eigenvalue weighted by molar-refractivity contribution is 8.00. The molecular weight excluding hydrogens is 345 g/mol. The average molecular weight is 359 g/mol. The minimum Gasteiger partial charge on any atom is -0.296 e.